The molecule has 2 aromatic rings. The Morgan fingerprint density at radius 1 is 1.07 bits per heavy atom. The number of hydrogen-bond donors (Lipinski definition) is 1. The third kappa shape index (κ3) is 4.62. The molecule has 2 amide bonds. The second-order valence-corrected chi connectivity index (χ2v) is 8.66. The summed E-state index contributed by atoms with van der Waals surface area (Å²) in [4.78, 5) is 26.5. The molecule has 1 heterocycles. The fourth-order valence-corrected chi connectivity index (χ4v) is 5.01. The zero-order valence-electron chi connectivity index (χ0n) is 17.0. The average molecular weight is 427 g/mol. The van der Waals surface area contributed by atoms with Gasteiger partial charge in [0.1, 0.15) is 6.61 Å². The molecule has 2 fully saturated rings. The maximum absolute atomic E-state index is 12.6. The van der Waals surface area contributed by atoms with Crippen LogP contribution in [0.3, 0.4) is 0 Å². The van der Waals surface area contributed by atoms with Crippen molar-refractivity contribution in [3.8, 4) is 0 Å². The van der Waals surface area contributed by atoms with E-state index in [4.69, 9.17) is 16.3 Å². The maximum Gasteiger partial charge on any atom is 0.411 e. The van der Waals surface area contributed by atoms with Crippen molar-refractivity contribution in [1.29, 1.82) is 0 Å². The largest absolute Gasteiger partial charge is 0.447 e. The molecule has 1 saturated carbocycles. The number of likely N-dealkylation sites (tertiary alicyclic amines) is 1. The Labute approximate surface area is 182 Å². The molecule has 1 saturated heterocycles. The summed E-state index contributed by atoms with van der Waals surface area (Å²) in [5.74, 6) is 0.686. The Kier molecular flexibility index (Phi) is 6.28. The van der Waals surface area contributed by atoms with Crippen molar-refractivity contribution in [2.75, 3.05) is 18.5 Å². The van der Waals surface area contributed by atoms with Gasteiger partial charge in [-0.1, -0.05) is 41.9 Å². The minimum atomic E-state index is -0.492. The highest BCUT2D eigenvalue weighted by Gasteiger charge is 2.46. The average Bonchev–Trinajstić information content (AvgIpc) is 3.05. The van der Waals surface area contributed by atoms with E-state index in [9.17, 15) is 9.59 Å². The van der Waals surface area contributed by atoms with E-state index in [1.807, 2.05) is 35.2 Å². The number of nitrogens with zero attached hydrogens (tertiary/aromatic N) is 1. The van der Waals surface area contributed by atoms with Gasteiger partial charge in [0.15, 0.2) is 0 Å². The van der Waals surface area contributed by atoms with Gasteiger partial charge in [-0.15, -0.1) is 0 Å². The number of benzene rings is 2. The first-order valence-corrected chi connectivity index (χ1v) is 11.0. The molecule has 5 nitrogen and oxygen atoms in total. The van der Waals surface area contributed by atoms with E-state index in [0.29, 0.717) is 24.6 Å². The number of nitrogens with one attached hydrogen (secondary N) is 1. The van der Waals surface area contributed by atoms with Crippen LogP contribution in [-0.2, 0) is 9.53 Å². The minimum Gasteiger partial charge on any atom is -0.447 e. The number of carbonyl (C=O) groups excluding carboxylic acids is 2. The highest BCUT2D eigenvalue weighted by molar-refractivity contribution is 6.30. The van der Waals surface area contributed by atoms with E-state index in [1.165, 1.54) is 5.56 Å². The molecule has 2 aliphatic rings. The van der Waals surface area contributed by atoms with E-state index >= 15 is 0 Å². The van der Waals surface area contributed by atoms with Crippen LogP contribution >= 0.6 is 11.6 Å². The zero-order chi connectivity index (χ0) is 21.0. The first-order valence-electron chi connectivity index (χ1n) is 10.6. The normalized spacial score (nSPS) is 23.6. The molecule has 0 atom stereocenters. The Morgan fingerprint density at radius 3 is 2.47 bits per heavy atom. The summed E-state index contributed by atoms with van der Waals surface area (Å²) in [5, 5.41) is 3.46. The summed E-state index contributed by atoms with van der Waals surface area (Å²) in [5.41, 5.74) is 1.93. The van der Waals surface area contributed by atoms with Gasteiger partial charge >= 0.3 is 6.09 Å². The van der Waals surface area contributed by atoms with Crippen molar-refractivity contribution in [1.82, 2.24) is 4.90 Å². The van der Waals surface area contributed by atoms with Crippen molar-refractivity contribution >= 4 is 29.3 Å². The quantitative estimate of drug-likeness (QED) is 0.676. The molecule has 1 aliphatic carbocycles. The predicted molar refractivity (Wildman–Crippen MR) is 118 cm³/mol. The molecule has 0 unspecified atom stereocenters. The highest BCUT2D eigenvalue weighted by Crippen LogP contribution is 2.46. The third-order valence-electron chi connectivity index (χ3n) is 6.50. The number of hydrogen-bond acceptors (Lipinski definition) is 3. The SMILES string of the molecule is O=C(Nc1ccccc1)OCCN1C(=O)CCC12CCC(c1ccc(Cl)cc1)CC2. The van der Waals surface area contributed by atoms with Crippen LogP contribution in [0.15, 0.2) is 54.6 Å². The van der Waals surface area contributed by atoms with Gasteiger partial charge in [0, 0.05) is 22.7 Å². The minimum absolute atomic E-state index is 0.0841. The molecule has 1 N–H and O–H groups in total. The zero-order valence-corrected chi connectivity index (χ0v) is 17.7. The van der Waals surface area contributed by atoms with Crippen molar-refractivity contribution in [3.05, 3.63) is 65.2 Å². The summed E-state index contributed by atoms with van der Waals surface area (Å²) in [6.45, 7) is 0.652. The molecule has 1 spiro atoms. The lowest BCUT2D eigenvalue weighted by Crippen LogP contribution is -2.49. The molecule has 6 heteroatoms. The lowest BCUT2D eigenvalue weighted by atomic mass is 9.73. The van der Waals surface area contributed by atoms with Gasteiger partial charge in [0.2, 0.25) is 5.91 Å². The van der Waals surface area contributed by atoms with Crippen LogP contribution in [0, 0.1) is 0 Å². The van der Waals surface area contributed by atoms with Gasteiger partial charge in [0.05, 0.1) is 6.54 Å². The van der Waals surface area contributed by atoms with E-state index in [1.54, 1.807) is 12.1 Å². The number of amides is 2. The van der Waals surface area contributed by atoms with Gasteiger partial charge in [-0.25, -0.2) is 4.79 Å². The van der Waals surface area contributed by atoms with E-state index < -0.39 is 6.09 Å². The Morgan fingerprint density at radius 2 is 1.77 bits per heavy atom. The molecule has 2 aromatic carbocycles. The number of halogens is 1. The van der Waals surface area contributed by atoms with Crippen molar-refractivity contribution in [2.24, 2.45) is 0 Å². The summed E-state index contributed by atoms with van der Waals surface area (Å²) >= 11 is 6.02. The standard InChI is InChI=1S/C24H27ClN2O3/c25-20-8-6-18(7-9-20)19-10-13-24(14-11-19)15-12-22(28)27(24)16-17-30-23(29)26-21-4-2-1-3-5-21/h1-9,19H,10-17H2,(H,26,29). The molecule has 0 bridgehead atoms. The highest BCUT2D eigenvalue weighted by atomic mass is 35.5. The van der Waals surface area contributed by atoms with Crippen LogP contribution in [-0.4, -0.2) is 35.6 Å². The molecule has 4 rings (SSSR count). The van der Waals surface area contributed by atoms with Gasteiger partial charge < -0.3 is 9.64 Å². The molecule has 0 aromatic heterocycles. The lowest BCUT2D eigenvalue weighted by molar-refractivity contribution is -0.132. The van der Waals surface area contributed by atoms with Crippen LogP contribution in [0.1, 0.15) is 50.0 Å². The molecule has 158 valence electrons. The smallest absolute Gasteiger partial charge is 0.411 e. The Bertz CT molecular complexity index is 877. The first-order chi connectivity index (χ1) is 14.6. The van der Waals surface area contributed by atoms with E-state index in [0.717, 1.165) is 37.1 Å². The topological polar surface area (TPSA) is 58.6 Å². The number of anilines is 1. The van der Waals surface area contributed by atoms with Crippen LogP contribution in [0.5, 0.6) is 0 Å². The van der Waals surface area contributed by atoms with Gasteiger partial charge in [-0.2, -0.15) is 0 Å². The fraction of sp³-hybridized carbons (Fsp3) is 0.417. The Balaban J connectivity index is 1.30. The molecule has 30 heavy (non-hydrogen) atoms. The van der Waals surface area contributed by atoms with Gasteiger partial charge in [0.25, 0.3) is 0 Å². The van der Waals surface area contributed by atoms with E-state index in [2.05, 4.69) is 17.4 Å². The molecular formula is C24H27ClN2O3. The maximum atomic E-state index is 12.6. The van der Waals surface area contributed by atoms with E-state index in [-0.39, 0.29) is 18.1 Å². The molecule has 0 radical (unpaired) electrons. The lowest BCUT2D eigenvalue weighted by Gasteiger charge is -2.44. The number of carbonyl (C=O) groups is 2. The Hall–Kier alpha value is -2.53. The second kappa shape index (κ2) is 9.09. The van der Waals surface area contributed by atoms with Crippen molar-refractivity contribution < 1.29 is 14.3 Å². The van der Waals surface area contributed by atoms with Crippen LogP contribution < -0.4 is 5.32 Å². The molecular weight excluding hydrogens is 400 g/mol. The summed E-state index contributed by atoms with van der Waals surface area (Å²) < 4.78 is 5.34. The fourth-order valence-electron chi connectivity index (χ4n) is 4.88. The van der Waals surface area contributed by atoms with Gasteiger partial charge in [-0.05, 0) is 67.9 Å². The number of ether oxygens (including phenoxy) is 1. The monoisotopic (exact) mass is 426 g/mol. The van der Waals surface area contributed by atoms with Crippen LogP contribution in [0.4, 0.5) is 10.5 Å². The first kappa shape index (κ1) is 20.7. The number of rotatable bonds is 5. The molecule has 1 aliphatic heterocycles. The third-order valence-corrected chi connectivity index (χ3v) is 6.76. The second-order valence-electron chi connectivity index (χ2n) is 8.22. The number of para-hydroxylation sites is 1. The van der Waals surface area contributed by atoms with Gasteiger partial charge in [-0.3, -0.25) is 10.1 Å². The predicted octanol–water partition coefficient (Wildman–Crippen LogP) is 5.61. The summed E-state index contributed by atoms with van der Waals surface area (Å²) in [6, 6.07) is 17.3. The van der Waals surface area contributed by atoms with Crippen LogP contribution in [0.25, 0.3) is 0 Å². The van der Waals surface area contributed by atoms with Crippen LogP contribution in [0.2, 0.25) is 5.02 Å². The summed E-state index contributed by atoms with van der Waals surface area (Å²) in [7, 11) is 0. The van der Waals surface area contributed by atoms with Crippen molar-refractivity contribution in [3.63, 3.8) is 0 Å². The summed E-state index contributed by atoms with van der Waals surface area (Å²) in [6.07, 6.45) is 5.08. The van der Waals surface area contributed by atoms with Crippen molar-refractivity contribution in [2.45, 2.75) is 50.0 Å².